The number of nitrogens with zero attached hydrogens (tertiary/aromatic N) is 3. The third-order valence-electron chi connectivity index (χ3n) is 3.81. The lowest BCUT2D eigenvalue weighted by molar-refractivity contribution is -0.139. The number of aromatic nitrogens is 4. The van der Waals surface area contributed by atoms with Crippen LogP contribution >= 0.6 is 11.3 Å². The van der Waals surface area contributed by atoms with Crippen LogP contribution in [0.15, 0.2) is 42.7 Å². The van der Waals surface area contributed by atoms with E-state index in [0.717, 1.165) is 22.8 Å². The van der Waals surface area contributed by atoms with Crippen LogP contribution in [0.3, 0.4) is 0 Å². The third kappa shape index (κ3) is 4.01. The quantitative estimate of drug-likeness (QED) is 0.410. The van der Waals surface area contributed by atoms with E-state index < -0.39 is 23.6 Å². The SMILES string of the molecule is O=C(Nc1ccc(F)c(C(F)(F)F)c1)Nc1ncc(-c2ccc3cn[nH]c3n2)s1. The first-order chi connectivity index (χ1) is 13.8. The Morgan fingerprint density at radius 1 is 1.10 bits per heavy atom. The molecule has 0 aliphatic rings. The number of benzene rings is 1. The van der Waals surface area contributed by atoms with Crippen molar-refractivity contribution < 1.29 is 22.4 Å². The first-order valence-corrected chi connectivity index (χ1v) is 8.82. The van der Waals surface area contributed by atoms with Crippen molar-refractivity contribution in [2.75, 3.05) is 10.6 Å². The zero-order valence-corrected chi connectivity index (χ0v) is 15.0. The summed E-state index contributed by atoms with van der Waals surface area (Å²) in [4.78, 5) is 21.2. The fraction of sp³-hybridized carbons (Fsp3) is 0.0588. The number of thiazole rings is 1. The van der Waals surface area contributed by atoms with E-state index in [1.807, 2.05) is 6.07 Å². The van der Waals surface area contributed by atoms with Gasteiger partial charge >= 0.3 is 12.2 Å². The minimum atomic E-state index is -4.87. The topological polar surface area (TPSA) is 95.6 Å². The molecule has 3 heterocycles. The fourth-order valence-corrected chi connectivity index (χ4v) is 3.27. The molecule has 29 heavy (non-hydrogen) atoms. The molecule has 148 valence electrons. The number of fused-ring (bicyclic) bond motifs is 1. The molecule has 7 nitrogen and oxygen atoms in total. The fourth-order valence-electron chi connectivity index (χ4n) is 2.49. The van der Waals surface area contributed by atoms with Gasteiger partial charge in [-0.25, -0.2) is 19.2 Å². The Kier molecular flexibility index (Phi) is 4.62. The van der Waals surface area contributed by atoms with Gasteiger partial charge in [0.1, 0.15) is 5.82 Å². The van der Waals surface area contributed by atoms with Gasteiger partial charge in [0.15, 0.2) is 10.8 Å². The van der Waals surface area contributed by atoms with Crippen molar-refractivity contribution in [1.82, 2.24) is 20.2 Å². The standard InChI is InChI=1S/C17H10F4N6OS/c18-11-3-2-9(5-10(11)17(19,20)21)24-15(28)26-16-22-7-13(29-16)12-4-1-8-6-23-27-14(8)25-12/h1-7H,(H,23,25,27)(H2,22,24,26,28). The van der Waals surface area contributed by atoms with E-state index in [1.54, 1.807) is 12.3 Å². The smallest absolute Gasteiger partial charge is 0.308 e. The van der Waals surface area contributed by atoms with Crippen LogP contribution in [-0.2, 0) is 6.18 Å². The molecule has 0 bridgehead atoms. The molecule has 3 N–H and O–H groups in total. The van der Waals surface area contributed by atoms with Crippen LogP contribution in [0.4, 0.5) is 33.2 Å². The van der Waals surface area contributed by atoms with Crippen LogP contribution in [0.2, 0.25) is 0 Å². The number of carbonyl (C=O) groups is 1. The van der Waals surface area contributed by atoms with E-state index in [2.05, 4.69) is 30.8 Å². The number of aromatic amines is 1. The molecule has 0 saturated heterocycles. The van der Waals surface area contributed by atoms with Crippen molar-refractivity contribution in [1.29, 1.82) is 0 Å². The summed E-state index contributed by atoms with van der Waals surface area (Å²) in [5.41, 5.74) is -0.465. The maximum absolute atomic E-state index is 13.3. The zero-order chi connectivity index (χ0) is 20.6. The molecule has 4 aromatic rings. The van der Waals surface area contributed by atoms with Gasteiger partial charge in [0.05, 0.1) is 22.3 Å². The van der Waals surface area contributed by atoms with Crippen LogP contribution in [0.25, 0.3) is 21.6 Å². The highest BCUT2D eigenvalue weighted by molar-refractivity contribution is 7.19. The lowest BCUT2D eigenvalue weighted by atomic mass is 10.2. The molecule has 12 heteroatoms. The first-order valence-electron chi connectivity index (χ1n) is 8.01. The largest absolute Gasteiger partial charge is 0.419 e. The summed E-state index contributed by atoms with van der Waals surface area (Å²) in [7, 11) is 0. The van der Waals surface area contributed by atoms with Crippen LogP contribution in [-0.4, -0.2) is 26.2 Å². The Balaban J connectivity index is 1.47. The molecule has 0 fully saturated rings. The monoisotopic (exact) mass is 422 g/mol. The highest BCUT2D eigenvalue weighted by Gasteiger charge is 2.34. The highest BCUT2D eigenvalue weighted by Crippen LogP contribution is 2.33. The number of rotatable bonds is 3. The number of H-pyrrole nitrogens is 1. The highest BCUT2D eigenvalue weighted by atomic mass is 32.1. The van der Waals surface area contributed by atoms with Crippen molar-refractivity contribution in [3.8, 4) is 10.6 Å². The molecule has 0 unspecified atom stereocenters. The molecule has 0 spiro atoms. The summed E-state index contributed by atoms with van der Waals surface area (Å²) in [6.45, 7) is 0. The third-order valence-corrected chi connectivity index (χ3v) is 4.74. The van der Waals surface area contributed by atoms with Gasteiger partial charge in [0, 0.05) is 17.3 Å². The van der Waals surface area contributed by atoms with Crippen LogP contribution in [0.5, 0.6) is 0 Å². The van der Waals surface area contributed by atoms with Crippen molar-refractivity contribution in [2.45, 2.75) is 6.18 Å². The first kappa shape index (κ1) is 18.8. The molecule has 0 saturated carbocycles. The molecule has 2 amide bonds. The Bertz CT molecular complexity index is 1200. The van der Waals surface area contributed by atoms with E-state index in [0.29, 0.717) is 28.4 Å². The van der Waals surface area contributed by atoms with Gasteiger partial charge in [0.25, 0.3) is 0 Å². The van der Waals surface area contributed by atoms with E-state index >= 15 is 0 Å². The number of nitrogens with one attached hydrogen (secondary N) is 3. The molecule has 0 aliphatic carbocycles. The molecule has 0 atom stereocenters. The summed E-state index contributed by atoms with van der Waals surface area (Å²) in [5, 5.41) is 12.3. The lowest BCUT2D eigenvalue weighted by Gasteiger charge is -2.11. The number of amides is 2. The molecular formula is C17H10F4N6OS. The average molecular weight is 422 g/mol. The Morgan fingerprint density at radius 3 is 2.72 bits per heavy atom. The molecule has 1 aromatic carbocycles. The molecule has 0 aliphatic heterocycles. The Hall–Kier alpha value is -3.54. The van der Waals surface area contributed by atoms with Crippen molar-refractivity contribution >= 4 is 39.2 Å². The second-order valence-corrected chi connectivity index (χ2v) is 6.84. The van der Waals surface area contributed by atoms with Crippen molar-refractivity contribution in [3.63, 3.8) is 0 Å². The van der Waals surface area contributed by atoms with E-state index in [4.69, 9.17) is 0 Å². The second-order valence-electron chi connectivity index (χ2n) is 5.81. The zero-order valence-electron chi connectivity index (χ0n) is 14.2. The number of hydrogen-bond donors (Lipinski definition) is 3. The predicted octanol–water partition coefficient (Wildman–Crippen LogP) is 4.88. The molecule has 3 aromatic heterocycles. The van der Waals surface area contributed by atoms with Gasteiger partial charge in [-0.1, -0.05) is 11.3 Å². The normalized spacial score (nSPS) is 11.6. The summed E-state index contributed by atoms with van der Waals surface area (Å²) >= 11 is 1.13. The predicted molar refractivity (Wildman–Crippen MR) is 99.0 cm³/mol. The van der Waals surface area contributed by atoms with Gasteiger partial charge in [-0.3, -0.25) is 10.4 Å². The summed E-state index contributed by atoms with van der Waals surface area (Å²) in [5.74, 6) is -1.42. The molecule has 0 radical (unpaired) electrons. The minimum absolute atomic E-state index is 0.209. The summed E-state index contributed by atoms with van der Waals surface area (Å²) in [6, 6.07) is 4.96. The maximum Gasteiger partial charge on any atom is 0.419 e. The number of halogens is 4. The summed E-state index contributed by atoms with van der Waals surface area (Å²) < 4.78 is 51.6. The van der Waals surface area contributed by atoms with Crippen LogP contribution in [0.1, 0.15) is 5.56 Å². The van der Waals surface area contributed by atoms with Gasteiger partial charge in [-0.15, -0.1) is 0 Å². The Labute approximate surface area is 163 Å². The molecule has 4 rings (SSSR count). The van der Waals surface area contributed by atoms with Crippen LogP contribution < -0.4 is 10.6 Å². The molecular weight excluding hydrogens is 412 g/mol. The number of urea groups is 1. The maximum atomic E-state index is 13.3. The number of pyridine rings is 1. The minimum Gasteiger partial charge on any atom is -0.308 e. The number of anilines is 2. The van der Waals surface area contributed by atoms with E-state index in [9.17, 15) is 22.4 Å². The second kappa shape index (κ2) is 7.13. The average Bonchev–Trinajstić information content (AvgIpc) is 3.30. The summed E-state index contributed by atoms with van der Waals surface area (Å²) in [6.07, 6.45) is -1.73. The number of carbonyl (C=O) groups excluding carboxylic acids is 1. The van der Waals surface area contributed by atoms with Crippen molar-refractivity contribution in [3.05, 3.63) is 54.1 Å². The van der Waals surface area contributed by atoms with Gasteiger partial charge in [-0.05, 0) is 30.3 Å². The van der Waals surface area contributed by atoms with Crippen molar-refractivity contribution in [2.24, 2.45) is 0 Å². The number of hydrogen-bond acceptors (Lipinski definition) is 5. The van der Waals surface area contributed by atoms with Gasteiger partial charge in [0.2, 0.25) is 0 Å². The van der Waals surface area contributed by atoms with Crippen LogP contribution in [0, 0.1) is 5.82 Å². The Morgan fingerprint density at radius 2 is 1.93 bits per heavy atom. The van der Waals surface area contributed by atoms with E-state index in [1.165, 1.54) is 6.20 Å². The number of alkyl halides is 3. The lowest BCUT2D eigenvalue weighted by Crippen LogP contribution is -2.20. The van der Waals surface area contributed by atoms with Gasteiger partial charge < -0.3 is 5.32 Å². The van der Waals surface area contributed by atoms with Gasteiger partial charge in [-0.2, -0.15) is 18.3 Å². The van der Waals surface area contributed by atoms with E-state index in [-0.39, 0.29) is 10.8 Å².